The van der Waals surface area contributed by atoms with Crippen molar-refractivity contribution in [3.05, 3.63) is 104 Å². The van der Waals surface area contributed by atoms with E-state index in [-0.39, 0.29) is 23.0 Å². The Morgan fingerprint density at radius 3 is 2.63 bits per heavy atom. The van der Waals surface area contributed by atoms with Crippen molar-refractivity contribution in [1.29, 1.82) is 0 Å². The van der Waals surface area contributed by atoms with E-state index in [1.54, 1.807) is 29.5 Å². The van der Waals surface area contributed by atoms with Crippen molar-refractivity contribution in [3.63, 3.8) is 0 Å². The number of benzene rings is 2. The quantitative estimate of drug-likeness (QED) is 0.382. The van der Waals surface area contributed by atoms with Crippen molar-refractivity contribution in [1.82, 2.24) is 9.78 Å². The van der Waals surface area contributed by atoms with Crippen LogP contribution in [0.15, 0.2) is 82.1 Å². The summed E-state index contributed by atoms with van der Waals surface area (Å²) in [6, 6.07) is 18.4. The molecule has 8 heteroatoms. The molecule has 0 amide bonds. The Hall–Kier alpha value is -4.04. The van der Waals surface area contributed by atoms with Crippen LogP contribution in [0.4, 0.5) is 5.82 Å². The largest absolute Gasteiger partial charge is 0.504 e. The van der Waals surface area contributed by atoms with Crippen molar-refractivity contribution in [2.24, 2.45) is 0 Å². The van der Waals surface area contributed by atoms with Gasteiger partial charge in [0.05, 0.1) is 18.4 Å². The molecule has 2 atom stereocenters. The number of para-hydroxylation sites is 1. The molecule has 2 aromatic carbocycles. The van der Waals surface area contributed by atoms with Gasteiger partial charge in [0.1, 0.15) is 5.82 Å². The van der Waals surface area contributed by atoms with Crippen molar-refractivity contribution in [2.75, 3.05) is 12.4 Å². The van der Waals surface area contributed by atoms with Crippen molar-refractivity contribution >= 4 is 22.9 Å². The third-order valence-electron chi connectivity index (χ3n) is 6.78. The summed E-state index contributed by atoms with van der Waals surface area (Å²) in [5.74, 6) is 0.405. The van der Waals surface area contributed by atoms with Gasteiger partial charge >= 0.3 is 0 Å². The Balaban J connectivity index is 1.55. The number of aromatic hydroxyl groups is 1. The molecule has 2 aliphatic rings. The van der Waals surface area contributed by atoms with Gasteiger partial charge in [0.2, 0.25) is 0 Å². The zero-order valence-electron chi connectivity index (χ0n) is 18.9. The number of carbonyl (C=O) groups is 1. The molecule has 1 aliphatic heterocycles. The zero-order chi connectivity index (χ0) is 24.1. The van der Waals surface area contributed by atoms with Gasteiger partial charge in [-0.05, 0) is 47.7 Å². The lowest BCUT2D eigenvalue weighted by molar-refractivity contribution is -0.116. The maximum atomic E-state index is 13.7. The molecule has 4 aromatic rings. The van der Waals surface area contributed by atoms with Crippen molar-refractivity contribution < 1.29 is 14.6 Å². The van der Waals surface area contributed by atoms with E-state index in [9.17, 15) is 14.7 Å². The molecule has 1 aliphatic carbocycles. The molecule has 0 saturated carbocycles. The van der Waals surface area contributed by atoms with E-state index in [4.69, 9.17) is 4.74 Å². The van der Waals surface area contributed by atoms with Crippen LogP contribution >= 0.6 is 11.3 Å². The van der Waals surface area contributed by atoms with Gasteiger partial charge in [-0.15, -0.1) is 11.3 Å². The lowest BCUT2D eigenvalue weighted by atomic mass is 9.74. The van der Waals surface area contributed by atoms with Gasteiger partial charge in [-0.2, -0.15) is 0 Å². The fraction of sp³-hybridized carbons (Fsp3) is 0.185. The van der Waals surface area contributed by atoms with E-state index < -0.39 is 5.92 Å². The van der Waals surface area contributed by atoms with Crippen LogP contribution < -0.4 is 15.6 Å². The smallest absolute Gasteiger partial charge is 0.277 e. The highest BCUT2D eigenvalue weighted by atomic mass is 32.1. The topological polar surface area (TPSA) is 96.4 Å². The number of H-pyrrole nitrogens is 1. The number of nitrogens with zero attached hydrogens (tertiary/aromatic N) is 1. The first-order valence-electron chi connectivity index (χ1n) is 11.4. The number of hydrogen-bond donors (Lipinski definition) is 3. The van der Waals surface area contributed by atoms with Crippen LogP contribution in [0.2, 0.25) is 0 Å². The van der Waals surface area contributed by atoms with Crippen LogP contribution in [0, 0.1) is 0 Å². The van der Waals surface area contributed by atoms with Gasteiger partial charge in [-0.1, -0.05) is 30.3 Å². The summed E-state index contributed by atoms with van der Waals surface area (Å²) in [5, 5.41) is 18.8. The third-order valence-corrected chi connectivity index (χ3v) is 7.82. The molecular formula is C27H23N3O4S. The number of allylic oxidation sites excluding steroid dienone is 2. The summed E-state index contributed by atoms with van der Waals surface area (Å²) in [7, 11) is 1.48. The number of ether oxygens (including phenoxy) is 1. The summed E-state index contributed by atoms with van der Waals surface area (Å²) in [5.41, 5.74) is 3.10. The number of carbonyl (C=O) groups excluding carboxylic acids is 1. The third kappa shape index (κ3) is 3.49. The standard InChI is InChI=1S/C27H23N3O4S/c1-34-21-14-15(9-10-19(21)31)23-24-18(12-16(13-20(24)32)22-8-5-11-35-22)28-26-25(23)27(33)30(29-26)17-6-3-2-4-7-17/h2-11,14,16,23,28-29,31H,12-13H2,1H3. The number of phenols is 1. The first kappa shape index (κ1) is 21.5. The molecule has 3 heterocycles. The summed E-state index contributed by atoms with van der Waals surface area (Å²) in [4.78, 5) is 28.6. The Morgan fingerprint density at radius 1 is 1.06 bits per heavy atom. The summed E-state index contributed by atoms with van der Waals surface area (Å²) >= 11 is 1.66. The minimum Gasteiger partial charge on any atom is -0.504 e. The van der Waals surface area contributed by atoms with Gasteiger partial charge in [0.15, 0.2) is 17.3 Å². The highest BCUT2D eigenvalue weighted by Gasteiger charge is 2.41. The minimum absolute atomic E-state index is 0.00288. The predicted octanol–water partition coefficient (Wildman–Crippen LogP) is 4.90. The lowest BCUT2D eigenvalue weighted by Crippen LogP contribution is -2.31. The highest BCUT2D eigenvalue weighted by molar-refractivity contribution is 7.10. The number of Topliss-reactive ketones (excluding diaryl/α,β-unsaturated/α-hetero) is 1. The number of anilines is 1. The molecule has 35 heavy (non-hydrogen) atoms. The summed E-state index contributed by atoms with van der Waals surface area (Å²) in [6.45, 7) is 0. The van der Waals surface area contributed by atoms with Crippen LogP contribution in [0.3, 0.4) is 0 Å². The number of rotatable bonds is 4. The molecule has 6 rings (SSSR count). The van der Waals surface area contributed by atoms with Crippen LogP contribution in [-0.4, -0.2) is 27.8 Å². The number of aromatic nitrogens is 2. The zero-order valence-corrected chi connectivity index (χ0v) is 19.8. The molecule has 7 nitrogen and oxygen atoms in total. The summed E-state index contributed by atoms with van der Waals surface area (Å²) in [6.07, 6.45) is 1.06. The van der Waals surface area contributed by atoms with Gasteiger partial charge < -0.3 is 15.2 Å². The molecule has 2 aromatic heterocycles. The first-order chi connectivity index (χ1) is 17.0. The fourth-order valence-electron chi connectivity index (χ4n) is 5.18. The molecular weight excluding hydrogens is 462 g/mol. The number of nitrogens with one attached hydrogen (secondary N) is 2. The number of thiophene rings is 1. The number of aromatic amines is 1. The number of ketones is 1. The maximum absolute atomic E-state index is 13.7. The van der Waals surface area contributed by atoms with E-state index in [1.165, 1.54) is 16.7 Å². The average Bonchev–Trinajstić information content (AvgIpc) is 3.52. The second-order valence-corrected chi connectivity index (χ2v) is 9.78. The van der Waals surface area contributed by atoms with E-state index in [2.05, 4.69) is 16.5 Å². The fourth-order valence-corrected chi connectivity index (χ4v) is 6.01. The Morgan fingerprint density at radius 2 is 1.89 bits per heavy atom. The van der Waals surface area contributed by atoms with Crippen LogP contribution in [-0.2, 0) is 4.79 Å². The normalized spacial score (nSPS) is 19.2. The Labute approximate surface area is 205 Å². The minimum atomic E-state index is -0.582. The van der Waals surface area contributed by atoms with Crippen molar-refractivity contribution in [3.8, 4) is 17.2 Å². The van der Waals surface area contributed by atoms with E-state index in [0.717, 1.165) is 5.70 Å². The Bertz CT molecular complexity index is 1520. The summed E-state index contributed by atoms with van der Waals surface area (Å²) < 4.78 is 6.84. The highest BCUT2D eigenvalue weighted by Crippen LogP contribution is 2.48. The number of methoxy groups -OCH3 is 1. The molecule has 3 N–H and O–H groups in total. The molecule has 0 fully saturated rings. The van der Waals surface area contributed by atoms with Crippen LogP contribution in [0.25, 0.3) is 5.69 Å². The monoisotopic (exact) mass is 485 g/mol. The number of hydrogen-bond acceptors (Lipinski definition) is 6. The van der Waals surface area contributed by atoms with Gasteiger partial charge in [0, 0.05) is 34.4 Å². The SMILES string of the molecule is COc1cc(C2C3=C(CC(c4cccs4)CC3=O)Nc3[nH]n(-c4ccccc4)c(=O)c32)ccc1O. The van der Waals surface area contributed by atoms with Crippen LogP contribution in [0.1, 0.15) is 40.7 Å². The average molecular weight is 486 g/mol. The van der Waals surface area contributed by atoms with Gasteiger partial charge in [-0.3, -0.25) is 14.7 Å². The van der Waals surface area contributed by atoms with E-state index in [1.807, 2.05) is 41.8 Å². The first-order valence-corrected chi connectivity index (χ1v) is 12.3. The molecule has 0 radical (unpaired) electrons. The van der Waals surface area contributed by atoms with Gasteiger partial charge in [0.25, 0.3) is 5.56 Å². The van der Waals surface area contributed by atoms with E-state index >= 15 is 0 Å². The van der Waals surface area contributed by atoms with Crippen LogP contribution in [0.5, 0.6) is 11.5 Å². The molecule has 0 bridgehead atoms. The second-order valence-electron chi connectivity index (χ2n) is 8.80. The molecule has 0 spiro atoms. The Kier molecular flexibility index (Phi) is 5.11. The van der Waals surface area contributed by atoms with Crippen molar-refractivity contribution in [2.45, 2.75) is 24.7 Å². The predicted molar refractivity (Wildman–Crippen MR) is 135 cm³/mol. The van der Waals surface area contributed by atoms with E-state index in [0.29, 0.717) is 46.8 Å². The number of fused-ring (bicyclic) bond motifs is 1. The second kappa shape index (κ2) is 8.32. The molecule has 176 valence electrons. The van der Waals surface area contributed by atoms with Gasteiger partial charge in [-0.25, -0.2) is 4.68 Å². The molecule has 0 saturated heterocycles. The lowest BCUT2D eigenvalue weighted by Gasteiger charge is -2.34. The maximum Gasteiger partial charge on any atom is 0.277 e. The molecule has 2 unspecified atom stereocenters. The number of phenolic OH excluding ortho intramolecular Hbond substituents is 1.